The van der Waals surface area contributed by atoms with Gasteiger partial charge in [-0.05, 0) is 37.6 Å². The number of hydrogen-bond donors (Lipinski definition) is 3. The van der Waals surface area contributed by atoms with E-state index in [1.54, 1.807) is 18.2 Å². The van der Waals surface area contributed by atoms with Gasteiger partial charge in [0.2, 0.25) is 0 Å². The van der Waals surface area contributed by atoms with Crippen LogP contribution in [0.4, 0.5) is 5.82 Å². The van der Waals surface area contributed by atoms with E-state index >= 15 is 0 Å². The molecular weight excluding hydrogens is 292 g/mol. The maximum absolute atomic E-state index is 11.9. The number of amides is 1. The van der Waals surface area contributed by atoms with Gasteiger partial charge in [0.15, 0.2) is 0 Å². The summed E-state index contributed by atoms with van der Waals surface area (Å²) in [6, 6.07) is 5.32. The van der Waals surface area contributed by atoms with Crippen LogP contribution in [0.15, 0.2) is 41.8 Å². The van der Waals surface area contributed by atoms with E-state index in [1.165, 1.54) is 6.20 Å². The van der Waals surface area contributed by atoms with Crippen molar-refractivity contribution in [3.8, 4) is 0 Å². The van der Waals surface area contributed by atoms with Gasteiger partial charge in [-0.25, -0.2) is 4.98 Å². The average Bonchev–Trinajstić information content (AvgIpc) is 2.52. The van der Waals surface area contributed by atoms with Crippen LogP contribution in [0.3, 0.4) is 0 Å². The van der Waals surface area contributed by atoms with E-state index < -0.39 is 0 Å². The normalized spacial score (nSPS) is 10.2. The summed E-state index contributed by atoms with van der Waals surface area (Å²) in [4.78, 5) is 30.7. The number of pyridine rings is 2. The van der Waals surface area contributed by atoms with Crippen molar-refractivity contribution in [3.05, 3.63) is 69.8 Å². The number of H-pyrrole nitrogens is 1. The predicted octanol–water partition coefficient (Wildman–Crippen LogP) is 1.91. The zero-order valence-electron chi connectivity index (χ0n) is 13.3. The van der Waals surface area contributed by atoms with Crippen molar-refractivity contribution in [3.63, 3.8) is 0 Å². The second-order valence-electron chi connectivity index (χ2n) is 5.23. The van der Waals surface area contributed by atoms with Crippen LogP contribution in [-0.2, 0) is 6.54 Å². The molecule has 0 spiro atoms. The molecule has 0 aliphatic heterocycles. The van der Waals surface area contributed by atoms with Crippen molar-refractivity contribution in [2.75, 3.05) is 11.9 Å². The molecule has 0 saturated carbocycles. The smallest absolute Gasteiger partial charge is 0.253 e. The molecule has 0 aromatic carbocycles. The Kier molecular flexibility index (Phi) is 5.30. The molecule has 3 N–H and O–H groups in total. The van der Waals surface area contributed by atoms with Crippen molar-refractivity contribution < 1.29 is 4.79 Å². The first-order valence-corrected chi connectivity index (χ1v) is 7.29. The monoisotopic (exact) mass is 312 g/mol. The molecule has 0 fully saturated rings. The van der Waals surface area contributed by atoms with Crippen LogP contribution in [0.25, 0.3) is 0 Å². The Bertz CT molecular complexity index is 763. The minimum absolute atomic E-state index is 0.101. The van der Waals surface area contributed by atoms with Crippen LogP contribution in [-0.4, -0.2) is 22.4 Å². The van der Waals surface area contributed by atoms with Gasteiger partial charge in [0.1, 0.15) is 5.82 Å². The van der Waals surface area contributed by atoms with Crippen LogP contribution < -0.4 is 16.2 Å². The van der Waals surface area contributed by atoms with E-state index in [-0.39, 0.29) is 11.5 Å². The van der Waals surface area contributed by atoms with Gasteiger partial charge in [-0.3, -0.25) is 9.59 Å². The fourth-order valence-corrected chi connectivity index (χ4v) is 2.18. The van der Waals surface area contributed by atoms with E-state index in [9.17, 15) is 9.59 Å². The number of carbonyl (C=O) groups excluding carboxylic acids is 1. The Balaban J connectivity index is 2.03. The molecule has 2 heterocycles. The van der Waals surface area contributed by atoms with Crippen molar-refractivity contribution in [2.45, 2.75) is 20.4 Å². The number of anilines is 1. The number of aromatic amines is 1. The molecule has 6 heteroatoms. The number of carbonyl (C=O) groups is 1. The molecular formula is C17H20N4O2. The van der Waals surface area contributed by atoms with Gasteiger partial charge in [-0.15, -0.1) is 6.58 Å². The summed E-state index contributed by atoms with van der Waals surface area (Å²) in [6.07, 6.45) is 3.11. The summed E-state index contributed by atoms with van der Waals surface area (Å²) in [5.74, 6) is 0.402. The van der Waals surface area contributed by atoms with E-state index in [0.29, 0.717) is 30.0 Å². The molecule has 2 rings (SSSR count). The summed E-state index contributed by atoms with van der Waals surface area (Å²) >= 11 is 0. The summed E-state index contributed by atoms with van der Waals surface area (Å²) in [6.45, 7) is 8.08. The highest BCUT2D eigenvalue weighted by Crippen LogP contribution is 2.09. The standard InChI is InChI=1S/C17H20N4O2/c1-4-7-18-16(22)13-5-6-15(19-9-13)20-10-14-11(2)8-12(3)21-17(14)23/h4-6,8-9H,1,7,10H2,2-3H3,(H,18,22)(H,19,20)(H,21,23). The van der Waals surface area contributed by atoms with Gasteiger partial charge in [-0.1, -0.05) is 6.08 Å². The van der Waals surface area contributed by atoms with Crippen molar-refractivity contribution >= 4 is 11.7 Å². The number of nitrogens with zero attached hydrogens (tertiary/aromatic N) is 1. The molecule has 23 heavy (non-hydrogen) atoms. The van der Waals surface area contributed by atoms with Gasteiger partial charge in [0.05, 0.1) is 5.56 Å². The molecule has 0 atom stereocenters. The Hall–Kier alpha value is -2.89. The Morgan fingerprint density at radius 1 is 1.39 bits per heavy atom. The van der Waals surface area contributed by atoms with Gasteiger partial charge in [-0.2, -0.15) is 0 Å². The van der Waals surface area contributed by atoms with Crippen LogP contribution in [0, 0.1) is 13.8 Å². The quantitative estimate of drug-likeness (QED) is 0.711. The number of aromatic nitrogens is 2. The molecule has 0 bridgehead atoms. The van der Waals surface area contributed by atoms with E-state index in [1.807, 2.05) is 19.9 Å². The summed E-state index contributed by atoms with van der Waals surface area (Å²) in [5.41, 5.74) is 2.81. The lowest BCUT2D eigenvalue weighted by Crippen LogP contribution is -2.23. The highest BCUT2D eigenvalue weighted by Gasteiger charge is 2.07. The molecule has 0 aliphatic carbocycles. The van der Waals surface area contributed by atoms with Crippen LogP contribution in [0.5, 0.6) is 0 Å². The number of aryl methyl sites for hydroxylation is 2. The molecule has 0 saturated heterocycles. The topological polar surface area (TPSA) is 86.9 Å². The molecule has 0 radical (unpaired) electrons. The van der Waals surface area contributed by atoms with Crippen molar-refractivity contribution in [1.29, 1.82) is 0 Å². The third-order valence-corrected chi connectivity index (χ3v) is 3.37. The summed E-state index contributed by atoms with van der Waals surface area (Å²) < 4.78 is 0. The number of hydrogen-bond acceptors (Lipinski definition) is 4. The SMILES string of the molecule is C=CCNC(=O)c1ccc(NCc2c(C)cc(C)[nH]c2=O)nc1. The number of rotatable bonds is 6. The molecule has 2 aromatic rings. The number of nitrogens with one attached hydrogen (secondary N) is 3. The zero-order valence-corrected chi connectivity index (χ0v) is 13.3. The second-order valence-corrected chi connectivity index (χ2v) is 5.23. The summed E-state index contributed by atoms with van der Waals surface area (Å²) in [7, 11) is 0. The highest BCUT2D eigenvalue weighted by atomic mass is 16.1. The lowest BCUT2D eigenvalue weighted by atomic mass is 10.1. The lowest BCUT2D eigenvalue weighted by Gasteiger charge is -2.09. The van der Waals surface area contributed by atoms with Crippen LogP contribution in [0.2, 0.25) is 0 Å². The lowest BCUT2D eigenvalue weighted by molar-refractivity contribution is 0.0957. The van der Waals surface area contributed by atoms with Crippen molar-refractivity contribution in [2.24, 2.45) is 0 Å². The second kappa shape index (κ2) is 7.40. The first-order chi connectivity index (χ1) is 11.0. The Labute approximate surface area is 134 Å². The molecule has 2 aromatic heterocycles. The molecule has 0 unspecified atom stereocenters. The highest BCUT2D eigenvalue weighted by molar-refractivity contribution is 5.94. The largest absolute Gasteiger partial charge is 0.366 e. The fourth-order valence-electron chi connectivity index (χ4n) is 2.18. The van der Waals surface area contributed by atoms with E-state index in [4.69, 9.17) is 0 Å². The van der Waals surface area contributed by atoms with E-state index in [2.05, 4.69) is 27.2 Å². The first kappa shape index (κ1) is 16.5. The summed E-state index contributed by atoms with van der Waals surface area (Å²) in [5, 5.41) is 5.78. The molecule has 0 aliphatic rings. The predicted molar refractivity (Wildman–Crippen MR) is 90.6 cm³/mol. The third kappa shape index (κ3) is 4.29. The minimum Gasteiger partial charge on any atom is -0.366 e. The Morgan fingerprint density at radius 2 is 2.17 bits per heavy atom. The Morgan fingerprint density at radius 3 is 2.78 bits per heavy atom. The molecule has 1 amide bonds. The van der Waals surface area contributed by atoms with E-state index in [0.717, 1.165) is 11.3 Å². The van der Waals surface area contributed by atoms with Gasteiger partial charge >= 0.3 is 0 Å². The average molecular weight is 312 g/mol. The minimum atomic E-state index is -0.199. The maximum Gasteiger partial charge on any atom is 0.253 e. The molecule has 120 valence electrons. The maximum atomic E-state index is 11.9. The van der Waals surface area contributed by atoms with Gasteiger partial charge in [0.25, 0.3) is 11.5 Å². The first-order valence-electron chi connectivity index (χ1n) is 7.29. The fraction of sp³-hybridized carbons (Fsp3) is 0.235. The van der Waals surface area contributed by atoms with Crippen LogP contribution >= 0.6 is 0 Å². The van der Waals surface area contributed by atoms with Crippen molar-refractivity contribution in [1.82, 2.24) is 15.3 Å². The zero-order chi connectivity index (χ0) is 16.8. The third-order valence-electron chi connectivity index (χ3n) is 3.37. The van der Waals surface area contributed by atoms with Gasteiger partial charge in [0, 0.05) is 30.5 Å². The molecule has 6 nitrogen and oxygen atoms in total. The van der Waals surface area contributed by atoms with Crippen LogP contribution in [0.1, 0.15) is 27.2 Å². The van der Waals surface area contributed by atoms with Gasteiger partial charge < -0.3 is 15.6 Å².